The van der Waals surface area contributed by atoms with E-state index in [1.165, 1.54) is 34.2 Å². The Bertz CT molecular complexity index is 1000. The molecule has 7 nitrogen and oxygen atoms in total. The van der Waals surface area contributed by atoms with Gasteiger partial charge < -0.3 is 9.64 Å². The molecule has 0 aliphatic carbocycles. The van der Waals surface area contributed by atoms with E-state index in [0.29, 0.717) is 11.4 Å². The van der Waals surface area contributed by atoms with Gasteiger partial charge in [0, 0.05) is 0 Å². The molecule has 0 amide bonds. The van der Waals surface area contributed by atoms with Crippen LogP contribution in [0.1, 0.15) is 17.7 Å². The van der Waals surface area contributed by atoms with Crippen LogP contribution < -0.4 is 9.64 Å². The van der Waals surface area contributed by atoms with Crippen LogP contribution in [0.25, 0.3) is 5.69 Å². The first-order valence-corrected chi connectivity index (χ1v) is 8.37. The molecule has 2 aromatic heterocycles. The van der Waals surface area contributed by atoms with Gasteiger partial charge in [0.1, 0.15) is 18.1 Å². The Morgan fingerprint density at radius 1 is 1.10 bits per heavy atom. The fraction of sp³-hybridized carbons (Fsp3) is 0.294. The number of nitrogens with zero attached hydrogens (tertiary/aromatic N) is 6. The fourth-order valence-electron chi connectivity index (χ4n) is 2.71. The number of benzene rings is 1. The number of rotatable bonds is 6. The van der Waals surface area contributed by atoms with E-state index < -0.39 is 23.7 Å². The molecule has 152 valence electrons. The van der Waals surface area contributed by atoms with Crippen molar-refractivity contribution in [2.24, 2.45) is 0 Å². The third-order valence-electron chi connectivity index (χ3n) is 4.19. The van der Waals surface area contributed by atoms with Crippen molar-refractivity contribution in [2.75, 3.05) is 18.0 Å². The Morgan fingerprint density at radius 2 is 1.83 bits per heavy atom. The van der Waals surface area contributed by atoms with Crippen LogP contribution in [0.15, 0.2) is 36.8 Å². The fourth-order valence-corrected chi connectivity index (χ4v) is 2.71. The summed E-state index contributed by atoms with van der Waals surface area (Å²) >= 11 is 0. The molecular formula is C17H13F5N6O. The van der Waals surface area contributed by atoms with E-state index in [9.17, 15) is 22.0 Å². The number of hydrogen-bond acceptors (Lipinski definition) is 6. The molecule has 0 bridgehead atoms. The lowest BCUT2D eigenvalue weighted by atomic mass is 10.1. The van der Waals surface area contributed by atoms with Gasteiger partial charge in [0.05, 0.1) is 48.6 Å². The van der Waals surface area contributed by atoms with Crippen LogP contribution in [0.2, 0.25) is 0 Å². The lowest BCUT2D eigenvalue weighted by Gasteiger charge is -2.39. The van der Waals surface area contributed by atoms with Crippen LogP contribution in [0.4, 0.5) is 27.6 Å². The van der Waals surface area contributed by atoms with Gasteiger partial charge in [-0.1, -0.05) is 5.21 Å². The van der Waals surface area contributed by atoms with Crippen molar-refractivity contribution in [3.63, 3.8) is 0 Å². The van der Waals surface area contributed by atoms with Gasteiger partial charge in [-0.2, -0.15) is 0 Å². The van der Waals surface area contributed by atoms with Crippen molar-refractivity contribution >= 4 is 5.69 Å². The molecule has 1 aliphatic heterocycles. The molecule has 0 radical (unpaired) electrons. The monoisotopic (exact) mass is 412 g/mol. The third-order valence-corrected chi connectivity index (χ3v) is 4.19. The first-order chi connectivity index (χ1) is 13.8. The van der Waals surface area contributed by atoms with Crippen molar-refractivity contribution in [1.82, 2.24) is 25.0 Å². The molecule has 1 saturated heterocycles. The van der Waals surface area contributed by atoms with Gasteiger partial charge in [0.25, 0.3) is 12.3 Å². The van der Waals surface area contributed by atoms with Crippen LogP contribution >= 0.6 is 0 Å². The minimum atomic E-state index is -2.95. The Hall–Kier alpha value is -3.31. The molecule has 0 N–H and O–H groups in total. The molecule has 29 heavy (non-hydrogen) atoms. The number of aromatic nitrogens is 5. The topological polar surface area (TPSA) is 69.0 Å². The highest BCUT2D eigenvalue weighted by molar-refractivity contribution is 5.46. The predicted molar refractivity (Wildman–Crippen MR) is 89.8 cm³/mol. The first-order valence-electron chi connectivity index (χ1n) is 8.37. The minimum Gasteiger partial charge on any atom is -0.457 e. The molecular weight excluding hydrogens is 399 g/mol. The average Bonchev–Trinajstić information content (AvgIpc) is 3.14. The van der Waals surface area contributed by atoms with Gasteiger partial charge in [-0.15, -0.1) is 5.10 Å². The summed E-state index contributed by atoms with van der Waals surface area (Å²) in [5, 5.41) is 7.65. The molecule has 12 heteroatoms. The van der Waals surface area contributed by atoms with Gasteiger partial charge in [0.2, 0.25) is 0 Å². The van der Waals surface area contributed by atoms with E-state index in [-0.39, 0.29) is 31.4 Å². The Balaban J connectivity index is 1.38. The zero-order chi connectivity index (χ0) is 20.6. The molecule has 1 aliphatic rings. The Morgan fingerprint density at radius 3 is 2.48 bits per heavy atom. The van der Waals surface area contributed by atoms with Crippen molar-refractivity contribution in [3.8, 4) is 11.7 Å². The highest BCUT2D eigenvalue weighted by atomic mass is 19.3. The largest absolute Gasteiger partial charge is 0.457 e. The summed E-state index contributed by atoms with van der Waals surface area (Å²) in [4.78, 5) is 9.34. The number of ether oxygens (including phenoxy) is 1. The van der Waals surface area contributed by atoms with Crippen molar-refractivity contribution in [2.45, 2.75) is 19.0 Å². The van der Waals surface area contributed by atoms with E-state index >= 15 is 0 Å². The molecule has 3 heterocycles. The van der Waals surface area contributed by atoms with E-state index in [1.807, 2.05) is 0 Å². The second-order valence-electron chi connectivity index (χ2n) is 6.39. The maximum absolute atomic E-state index is 13.4. The second kappa shape index (κ2) is 7.26. The summed E-state index contributed by atoms with van der Waals surface area (Å²) in [7, 11) is 0. The molecule has 0 saturated carbocycles. The molecule has 0 unspecified atom stereocenters. The van der Waals surface area contributed by atoms with Crippen molar-refractivity contribution < 1.29 is 26.7 Å². The average molecular weight is 412 g/mol. The summed E-state index contributed by atoms with van der Waals surface area (Å²) in [6.07, 6.45) is 1.22. The van der Waals surface area contributed by atoms with Crippen LogP contribution in [-0.2, 0) is 6.61 Å². The lowest BCUT2D eigenvalue weighted by Crippen LogP contribution is -2.56. The number of halogens is 5. The smallest absolute Gasteiger partial charge is 0.316 e. The zero-order valence-electron chi connectivity index (χ0n) is 14.6. The highest BCUT2D eigenvalue weighted by Gasteiger charge is 2.44. The van der Waals surface area contributed by atoms with E-state index in [2.05, 4.69) is 20.3 Å². The van der Waals surface area contributed by atoms with Crippen LogP contribution in [0.5, 0.6) is 6.01 Å². The molecule has 1 aromatic carbocycles. The van der Waals surface area contributed by atoms with E-state index in [0.717, 1.165) is 12.1 Å². The summed E-state index contributed by atoms with van der Waals surface area (Å²) < 4.78 is 71.4. The van der Waals surface area contributed by atoms with Crippen molar-refractivity contribution in [3.05, 3.63) is 53.9 Å². The highest BCUT2D eigenvalue weighted by Crippen LogP contribution is 2.31. The Labute approximate surface area is 160 Å². The van der Waals surface area contributed by atoms with Gasteiger partial charge in [0.15, 0.2) is 0 Å². The molecule has 3 aromatic rings. The normalized spacial score (nSPS) is 15.4. The number of anilines is 1. The first kappa shape index (κ1) is 19.0. The van der Waals surface area contributed by atoms with Gasteiger partial charge in [-0.05, 0) is 18.2 Å². The summed E-state index contributed by atoms with van der Waals surface area (Å²) in [6.45, 7) is -0.823. The summed E-state index contributed by atoms with van der Waals surface area (Å²) in [5.74, 6) is -3.70. The maximum Gasteiger partial charge on any atom is 0.316 e. The minimum absolute atomic E-state index is 0.0114. The maximum atomic E-state index is 13.4. The SMILES string of the molecule is Fc1ccc(-n2cc(COc3ncc(N4CC(F)(F)C4)cn3)nn2)cc1C(F)F. The van der Waals surface area contributed by atoms with Gasteiger partial charge in [-0.3, -0.25) is 0 Å². The molecule has 0 atom stereocenters. The van der Waals surface area contributed by atoms with Gasteiger partial charge in [-0.25, -0.2) is 36.6 Å². The number of alkyl halides is 4. The van der Waals surface area contributed by atoms with Crippen LogP contribution in [-0.4, -0.2) is 44.0 Å². The van der Waals surface area contributed by atoms with Crippen LogP contribution in [0.3, 0.4) is 0 Å². The number of hydrogen-bond donors (Lipinski definition) is 0. The second-order valence-corrected chi connectivity index (χ2v) is 6.39. The van der Waals surface area contributed by atoms with E-state index in [1.54, 1.807) is 0 Å². The quantitative estimate of drug-likeness (QED) is 0.580. The zero-order valence-corrected chi connectivity index (χ0v) is 14.6. The van der Waals surface area contributed by atoms with Crippen LogP contribution in [0, 0.1) is 5.82 Å². The third kappa shape index (κ3) is 4.10. The van der Waals surface area contributed by atoms with Gasteiger partial charge >= 0.3 is 6.01 Å². The summed E-state index contributed by atoms with van der Waals surface area (Å²) in [5.41, 5.74) is 0.292. The lowest BCUT2D eigenvalue weighted by molar-refractivity contribution is -0.0263. The predicted octanol–water partition coefficient (Wildman–Crippen LogP) is 3.17. The Kier molecular flexibility index (Phi) is 4.76. The summed E-state index contributed by atoms with van der Waals surface area (Å²) in [6, 6.07) is 3.22. The molecule has 4 rings (SSSR count). The molecule has 0 spiro atoms. The standard InChI is InChI=1S/C17H13F5N6O/c18-14-2-1-11(3-13(14)15(19)20)28-6-10(25-26-28)7-29-16-23-4-12(5-24-16)27-8-17(21,22)9-27/h1-6,15H,7-9H2. The van der Waals surface area contributed by atoms with E-state index in [4.69, 9.17) is 4.74 Å². The van der Waals surface area contributed by atoms with Crippen molar-refractivity contribution in [1.29, 1.82) is 0 Å². The molecule has 1 fully saturated rings.